The number of carbonyl (C=O) groups is 1. The molecule has 0 unspecified atom stereocenters. The van der Waals surface area contributed by atoms with E-state index in [9.17, 15) is 13.2 Å². The number of anilines is 1. The van der Waals surface area contributed by atoms with Gasteiger partial charge in [-0.1, -0.05) is 30.3 Å². The third-order valence-corrected chi connectivity index (χ3v) is 5.14. The lowest BCUT2D eigenvalue weighted by Gasteiger charge is -2.24. The van der Waals surface area contributed by atoms with E-state index in [1.165, 1.54) is 11.4 Å². The Kier molecular flexibility index (Phi) is 8.13. The lowest BCUT2D eigenvalue weighted by Crippen LogP contribution is -2.33. The fraction of sp³-hybridized carbons (Fsp3) is 0.350. The number of sulfonamides is 1. The molecule has 0 aromatic heterocycles. The van der Waals surface area contributed by atoms with Crippen LogP contribution in [0.3, 0.4) is 0 Å². The maximum atomic E-state index is 12.2. The topological polar surface area (TPSA) is 84.9 Å². The number of nitrogens with one attached hydrogen (secondary N) is 1. The second kappa shape index (κ2) is 10.6. The monoisotopic (exact) mass is 406 g/mol. The number of hydrogen-bond acceptors (Lipinski definition) is 5. The van der Waals surface area contributed by atoms with Gasteiger partial charge in [0.1, 0.15) is 18.1 Å². The Morgan fingerprint density at radius 3 is 2.43 bits per heavy atom. The summed E-state index contributed by atoms with van der Waals surface area (Å²) in [7, 11) is -2.01. The zero-order valence-electron chi connectivity index (χ0n) is 16.1. The number of methoxy groups -OCH3 is 1. The van der Waals surface area contributed by atoms with Crippen LogP contribution in [-0.4, -0.2) is 47.4 Å². The molecule has 0 aliphatic carbocycles. The third kappa shape index (κ3) is 6.77. The van der Waals surface area contributed by atoms with Gasteiger partial charge in [0.05, 0.1) is 25.6 Å². The van der Waals surface area contributed by atoms with Crippen LogP contribution in [0.4, 0.5) is 5.69 Å². The summed E-state index contributed by atoms with van der Waals surface area (Å²) >= 11 is 0. The standard InChI is InChI=1S/C20H26N2O5S/c1-26-19-12-7-6-11-18(19)22(28(2,24)25)15-8-13-20(23)21-14-16-27-17-9-4-3-5-10-17/h3-7,9-12H,8,13-16H2,1-2H3,(H,21,23). The number of ether oxygens (including phenoxy) is 2. The molecule has 0 spiro atoms. The van der Waals surface area contributed by atoms with E-state index in [-0.39, 0.29) is 18.9 Å². The molecule has 2 aromatic rings. The fourth-order valence-corrected chi connectivity index (χ4v) is 3.62. The molecule has 0 fully saturated rings. The molecule has 28 heavy (non-hydrogen) atoms. The van der Waals surface area contributed by atoms with Crippen LogP contribution in [0.25, 0.3) is 0 Å². The molecule has 0 heterocycles. The molecule has 0 saturated carbocycles. The van der Waals surface area contributed by atoms with Crippen molar-refractivity contribution in [3.63, 3.8) is 0 Å². The average Bonchev–Trinajstić information content (AvgIpc) is 2.68. The number of nitrogens with zero attached hydrogens (tertiary/aromatic N) is 1. The van der Waals surface area contributed by atoms with E-state index in [4.69, 9.17) is 9.47 Å². The van der Waals surface area contributed by atoms with Crippen molar-refractivity contribution in [2.75, 3.05) is 37.4 Å². The smallest absolute Gasteiger partial charge is 0.232 e. The first-order valence-corrected chi connectivity index (χ1v) is 10.8. The minimum absolute atomic E-state index is 0.148. The van der Waals surface area contributed by atoms with E-state index in [1.807, 2.05) is 30.3 Å². The zero-order chi connectivity index (χ0) is 20.4. The number of carbonyl (C=O) groups excluding carboxylic acids is 1. The van der Waals surface area contributed by atoms with Gasteiger partial charge in [-0.25, -0.2) is 8.42 Å². The molecule has 8 heteroatoms. The van der Waals surface area contributed by atoms with Gasteiger partial charge in [0.15, 0.2) is 0 Å². The van der Waals surface area contributed by atoms with Gasteiger partial charge >= 0.3 is 0 Å². The molecular formula is C20H26N2O5S. The van der Waals surface area contributed by atoms with Crippen LogP contribution in [0.5, 0.6) is 11.5 Å². The second-order valence-electron chi connectivity index (χ2n) is 6.12. The van der Waals surface area contributed by atoms with Gasteiger partial charge in [0, 0.05) is 13.0 Å². The number of para-hydroxylation sites is 3. The van der Waals surface area contributed by atoms with Gasteiger partial charge in [-0.05, 0) is 30.7 Å². The predicted molar refractivity (Wildman–Crippen MR) is 109 cm³/mol. The number of rotatable bonds is 11. The Bertz CT molecular complexity index is 856. The van der Waals surface area contributed by atoms with Crippen molar-refractivity contribution in [1.82, 2.24) is 5.32 Å². The summed E-state index contributed by atoms with van der Waals surface area (Å²) < 4.78 is 36.4. The van der Waals surface area contributed by atoms with Crippen molar-refractivity contribution < 1.29 is 22.7 Å². The van der Waals surface area contributed by atoms with Crippen molar-refractivity contribution in [2.45, 2.75) is 12.8 Å². The van der Waals surface area contributed by atoms with E-state index < -0.39 is 10.0 Å². The van der Waals surface area contributed by atoms with Crippen molar-refractivity contribution >= 4 is 21.6 Å². The fourth-order valence-electron chi connectivity index (χ4n) is 2.65. The Hall–Kier alpha value is -2.74. The summed E-state index contributed by atoms with van der Waals surface area (Å²) in [5.41, 5.74) is 0.462. The number of amides is 1. The normalized spacial score (nSPS) is 10.9. The van der Waals surface area contributed by atoms with Gasteiger partial charge < -0.3 is 14.8 Å². The molecule has 1 N–H and O–H groups in total. The third-order valence-electron chi connectivity index (χ3n) is 3.96. The summed E-state index contributed by atoms with van der Waals surface area (Å²) in [5, 5.41) is 2.77. The van der Waals surface area contributed by atoms with Gasteiger partial charge in [-0.2, -0.15) is 0 Å². The Labute approximate surface area is 166 Å². The van der Waals surface area contributed by atoms with Crippen molar-refractivity contribution in [1.29, 1.82) is 0 Å². The molecule has 2 rings (SSSR count). The van der Waals surface area contributed by atoms with E-state index in [1.54, 1.807) is 24.3 Å². The predicted octanol–water partition coefficient (Wildman–Crippen LogP) is 2.44. The first kappa shape index (κ1) is 21.6. The number of benzene rings is 2. The van der Waals surface area contributed by atoms with Gasteiger partial charge in [0.2, 0.25) is 15.9 Å². The minimum atomic E-state index is -3.50. The molecule has 7 nitrogen and oxygen atoms in total. The average molecular weight is 407 g/mol. The van der Waals surface area contributed by atoms with Crippen molar-refractivity contribution in [3.05, 3.63) is 54.6 Å². The van der Waals surface area contributed by atoms with Crippen LogP contribution in [0, 0.1) is 0 Å². The van der Waals surface area contributed by atoms with Crippen LogP contribution in [0.1, 0.15) is 12.8 Å². The summed E-state index contributed by atoms with van der Waals surface area (Å²) in [6.45, 7) is 0.940. The molecule has 0 aliphatic heterocycles. The largest absolute Gasteiger partial charge is 0.495 e. The van der Waals surface area contributed by atoms with Crippen molar-refractivity contribution in [2.24, 2.45) is 0 Å². The molecular weight excluding hydrogens is 380 g/mol. The quantitative estimate of drug-likeness (QED) is 0.580. The highest BCUT2D eigenvalue weighted by molar-refractivity contribution is 7.92. The van der Waals surface area contributed by atoms with Gasteiger partial charge in [-0.15, -0.1) is 0 Å². The first-order chi connectivity index (χ1) is 13.4. The highest BCUT2D eigenvalue weighted by Crippen LogP contribution is 2.29. The summed E-state index contributed by atoms with van der Waals surface area (Å²) in [6, 6.07) is 16.3. The molecule has 152 valence electrons. The van der Waals surface area contributed by atoms with Crippen LogP contribution in [-0.2, 0) is 14.8 Å². The Morgan fingerprint density at radius 1 is 1.07 bits per heavy atom. The van der Waals surface area contributed by atoms with Crippen molar-refractivity contribution in [3.8, 4) is 11.5 Å². The van der Waals surface area contributed by atoms with Gasteiger partial charge in [0.25, 0.3) is 0 Å². The molecule has 0 bridgehead atoms. The van der Waals surface area contributed by atoms with Crippen LogP contribution in [0.15, 0.2) is 54.6 Å². The lowest BCUT2D eigenvalue weighted by atomic mass is 10.2. The summed E-state index contributed by atoms with van der Waals surface area (Å²) in [4.78, 5) is 12.0. The SMILES string of the molecule is COc1ccccc1N(CCCC(=O)NCCOc1ccccc1)S(C)(=O)=O. The lowest BCUT2D eigenvalue weighted by molar-refractivity contribution is -0.121. The Morgan fingerprint density at radius 2 is 1.75 bits per heavy atom. The minimum Gasteiger partial charge on any atom is -0.495 e. The molecule has 0 aliphatic rings. The molecule has 0 atom stereocenters. The van der Waals surface area contributed by atoms with E-state index in [0.29, 0.717) is 31.0 Å². The van der Waals surface area contributed by atoms with E-state index in [2.05, 4.69) is 5.32 Å². The second-order valence-corrected chi connectivity index (χ2v) is 8.03. The molecule has 0 radical (unpaired) electrons. The zero-order valence-corrected chi connectivity index (χ0v) is 16.9. The molecule has 2 aromatic carbocycles. The summed E-state index contributed by atoms with van der Waals surface area (Å²) in [6.07, 6.45) is 1.74. The van der Waals surface area contributed by atoms with Crippen LogP contribution in [0.2, 0.25) is 0 Å². The molecule has 0 saturated heterocycles. The highest BCUT2D eigenvalue weighted by atomic mass is 32.2. The van der Waals surface area contributed by atoms with Gasteiger partial charge in [-0.3, -0.25) is 9.10 Å². The maximum Gasteiger partial charge on any atom is 0.232 e. The highest BCUT2D eigenvalue weighted by Gasteiger charge is 2.20. The maximum absolute atomic E-state index is 12.2. The van der Waals surface area contributed by atoms with Crippen LogP contribution < -0.4 is 19.1 Å². The number of hydrogen-bond donors (Lipinski definition) is 1. The van der Waals surface area contributed by atoms with E-state index in [0.717, 1.165) is 12.0 Å². The Balaban J connectivity index is 1.79. The van der Waals surface area contributed by atoms with E-state index >= 15 is 0 Å². The molecule has 1 amide bonds. The summed E-state index contributed by atoms with van der Waals surface area (Å²) in [5.74, 6) is 1.07. The first-order valence-electron chi connectivity index (χ1n) is 8.97. The van der Waals surface area contributed by atoms with Crippen LogP contribution >= 0.6 is 0 Å².